The van der Waals surface area contributed by atoms with Gasteiger partial charge in [0.15, 0.2) is 30.2 Å². The van der Waals surface area contributed by atoms with Gasteiger partial charge in [-0.05, 0) is 0 Å². The first-order valence-corrected chi connectivity index (χ1v) is 9.09. The molecule has 15 heteroatoms. The normalized spacial score (nSPS) is 25.5. The van der Waals surface area contributed by atoms with Gasteiger partial charge in [0.2, 0.25) is 0 Å². The minimum atomic E-state index is -4.93. The molecule has 0 aliphatic carbocycles. The molecule has 12 nitrogen and oxygen atoms in total. The summed E-state index contributed by atoms with van der Waals surface area (Å²) >= 11 is 0. The molecule has 1 fully saturated rings. The summed E-state index contributed by atoms with van der Waals surface area (Å²) in [6.45, 7) is 3.42. The predicted molar refractivity (Wildman–Crippen MR) is 92.2 cm³/mol. The van der Waals surface area contributed by atoms with Gasteiger partial charge in [-0.3, -0.25) is 19.2 Å². The van der Waals surface area contributed by atoms with E-state index < -0.39 is 73.0 Å². The lowest BCUT2D eigenvalue weighted by molar-refractivity contribution is -0.273. The van der Waals surface area contributed by atoms with E-state index in [-0.39, 0.29) is 4.68 Å². The van der Waals surface area contributed by atoms with Crippen molar-refractivity contribution in [3.63, 3.8) is 0 Å². The van der Waals surface area contributed by atoms with Crippen molar-refractivity contribution in [1.82, 2.24) is 15.0 Å². The second-order valence-electron chi connectivity index (χ2n) is 6.65. The molecule has 178 valence electrons. The first kappa shape index (κ1) is 25.0. The minimum absolute atomic E-state index is 0.287. The van der Waals surface area contributed by atoms with Crippen molar-refractivity contribution in [3.8, 4) is 0 Å². The molecule has 0 radical (unpaired) electrons. The Morgan fingerprint density at radius 2 is 1.47 bits per heavy atom. The molecule has 1 aliphatic rings. The van der Waals surface area contributed by atoms with Gasteiger partial charge >= 0.3 is 30.1 Å². The van der Waals surface area contributed by atoms with E-state index in [1.54, 1.807) is 0 Å². The molecule has 0 aromatic carbocycles. The van der Waals surface area contributed by atoms with Crippen molar-refractivity contribution in [1.29, 1.82) is 0 Å². The van der Waals surface area contributed by atoms with Crippen LogP contribution in [0.15, 0.2) is 6.20 Å². The molecule has 1 aromatic heterocycles. The number of aromatic nitrogens is 3. The molecule has 0 bridgehead atoms. The van der Waals surface area contributed by atoms with Gasteiger partial charge in [0.1, 0.15) is 12.7 Å². The van der Waals surface area contributed by atoms with Crippen LogP contribution < -0.4 is 0 Å². The molecule has 2 rings (SSSR count). The number of carbonyl (C=O) groups is 4. The highest BCUT2D eigenvalue weighted by Crippen LogP contribution is 2.38. The van der Waals surface area contributed by atoms with E-state index >= 15 is 0 Å². The van der Waals surface area contributed by atoms with E-state index in [0.717, 1.165) is 27.7 Å². The number of ether oxygens (including phenoxy) is 5. The molecule has 0 spiro atoms. The number of rotatable bonds is 6. The average Bonchev–Trinajstić information content (AvgIpc) is 3.12. The third-order valence-corrected chi connectivity index (χ3v) is 4.07. The van der Waals surface area contributed by atoms with Crippen molar-refractivity contribution in [2.45, 2.75) is 64.5 Å². The van der Waals surface area contributed by atoms with Gasteiger partial charge in [-0.2, -0.15) is 13.2 Å². The lowest BCUT2D eigenvalue weighted by Crippen LogP contribution is -2.61. The van der Waals surface area contributed by atoms with E-state index in [9.17, 15) is 32.3 Å². The van der Waals surface area contributed by atoms with Gasteiger partial charge in [-0.1, -0.05) is 5.21 Å². The fourth-order valence-corrected chi connectivity index (χ4v) is 3.04. The third kappa shape index (κ3) is 6.15. The quantitative estimate of drug-likeness (QED) is 0.427. The lowest BCUT2D eigenvalue weighted by atomic mass is 9.97. The monoisotopic (exact) mass is 467 g/mol. The Morgan fingerprint density at radius 3 is 1.97 bits per heavy atom. The summed E-state index contributed by atoms with van der Waals surface area (Å²) in [5, 5.41) is 6.59. The third-order valence-electron chi connectivity index (χ3n) is 4.07. The minimum Gasteiger partial charge on any atom is -0.463 e. The summed E-state index contributed by atoms with van der Waals surface area (Å²) in [5.74, 6) is -3.53. The van der Waals surface area contributed by atoms with E-state index in [0.29, 0.717) is 6.20 Å². The first-order chi connectivity index (χ1) is 14.8. The van der Waals surface area contributed by atoms with E-state index in [4.69, 9.17) is 23.7 Å². The Kier molecular flexibility index (Phi) is 7.77. The zero-order chi connectivity index (χ0) is 24.2. The standard InChI is InChI=1S/C17H20F3N3O9/c1-7(24)28-6-11-13(29-8(2)25)14(30-9(3)26)15(31-10(4)27)16(32-11)23-12(5-21-22-23)17(18,19)20/h5,11,13-16H,6H2,1-4H3/t11-,13+,14+,15-,16-/m1/s1. The highest BCUT2D eigenvalue weighted by atomic mass is 19.4. The van der Waals surface area contributed by atoms with Crippen molar-refractivity contribution < 1.29 is 56.0 Å². The summed E-state index contributed by atoms with van der Waals surface area (Å²) in [5.41, 5.74) is -1.36. The van der Waals surface area contributed by atoms with Crippen molar-refractivity contribution in [3.05, 3.63) is 11.9 Å². The van der Waals surface area contributed by atoms with Crippen LogP contribution in [0.25, 0.3) is 0 Å². The van der Waals surface area contributed by atoms with Crippen LogP contribution in [0.5, 0.6) is 0 Å². The Labute approximate surface area is 178 Å². The molecule has 0 N–H and O–H groups in total. The zero-order valence-electron chi connectivity index (χ0n) is 17.3. The second-order valence-corrected chi connectivity index (χ2v) is 6.65. The van der Waals surface area contributed by atoms with Crippen LogP contribution in [-0.4, -0.2) is 69.9 Å². The smallest absolute Gasteiger partial charge is 0.434 e. The second kappa shape index (κ2) is 9.93. The topological polar surface area (TPSA) is 145 Å². The molecular weight excluding hydrogens is 447 g/mol. The van der Waals surface area contributed by atoms with Crippen molar-refractivity contribution in [2.75, 3.05) is 6.61 Å². The van der Waals surface area contributed by atoms with Crippen molar-refractivity contribution >= 4 is 23.9 Å². The summed E-state index contributed by atoms with van der Waals surface area (Å²) in [6, 6.07) is 0. The fourth-order valence-electron chi connectivity index (χ4n) is 3.04. The number of hydrogen-bond donors (Lipinski definition) is 0. The Bertz CT molecular complexity index is 873. The molecule has 0 amide bonds. The largest absolute Gasteiger partial charge is 0.463 e. The highest BCUT2D eigenvalue weighted by Gasteiger charge is 2.54. The highest BCUT2D eigenvalue weighted by molar-refractivity contribution is 5.68. The molecule has 1 saturated heterocycles. The molecule has 1 aliphatic heterocycles. The number of hydrogen-bond acceptors (Lipinski definition) is 11. The molecular formula is C17H20F3N3O9. The molecule has 2 heterocycles. The summed E-state index contributed by atoms with van der Waals surface area (Å²) in [7, 11) is 0. The zero-order valence-corrected chi connectivity index (χ0v) is 17.3. The molecule has 0 saturated carbocycles. The number of nitrogens with zero attached hydrogens (tertiary/aromatic N) is 3. The van der Waals surface area contributed by atoms with E-state index in [1.165, 1.54) is 0 Å². The SMILES string of the molecule is CC(=O)OC[C@H]1O[C@@H](n2nncc2C(F)(F)F)[C@H](OC(C)=O)[C@@H](OC(C)=O)[C@H]1OC(C)=O. The van der Waals surface area contributed by atoms with Crippen LogP contribution in [0.4, 0.5) is 13.2 Å². The Balaban J connectivity index is 2.60. The lowest BCUT2D eigenvalue weighted by Gasteiger charge is -2.44. The molecule has 5 atom stereocenters. The van der Waals surface area contributed by atoms with Crippen LogP contribution in [0, 0.1) is 0 Å². The molecule has 0 unspecified atom stereocenters. The number of carbonyl (C=O) groups excluding carboxylic acids is 4. The molecule has 32 heavy (non-hydrogen) atoms. The fraction of sp³-hybridized carbons (Fsp3) is 0.647. The van der Waals surface area contributed by atoms with E-state index in [1.807, 2.05) is 0 Å². The van der Waals surface area contributed by atoms with Gasteiger partial charge in [0, 0.05) is 27.7 Å². The molecule has 1 aromatic rings. The maximum absolute atomic E-state index is 13.4. The van der Waals surface area contributed by atoms with Gasteiger partial charge < -0.3 is 23.7 Å². The average molecular weight is 467 g/mol. The Hall–Kier alpha value is -3.23. The van der Waals surface area contributed by atoms with Crippen LogP contribution in [-0.2, 0) is 49.0 Å². The van der Waals surface area contributed by atoms with Crippen LogP contribution in [0.2, 0.25) is 0 Å². The number of alkyl halides is 3. The van der Waals surface area contributed by atoms with E-state index in [2.05, 4.69) is 10.3 Å². The van der Waals surface area contributed by atoms with Gasteiger partial charge in [0.25, 0.3) is 0 Å². The van der Waals surface area contributed by atoms with Gasteiger partial charge in [-0.15, -0.1) is 5.10 Å². The maximum atomic E-state index is 13.4. The summed E-state index contributed by atoms with van der Waals surface area (Å²) < 4.78 is 66.5. The van der Waals surface area contributed by atoms with Crippen LogP contribution >= 0.6 is 0 Å². The summed E-state index contributed by atoms with van der Waals surface area (Å²) in [6.07, 6.45) is -12.7. The summed E-state index contributed by atoms with van der Waals surface area (Å²) in [4.78, 5) is 46.3. The van der Waals surface area contributed by atoms with Crippen molar-refractivity contribution in [2.24, 2.45) is 0 Å². The van der Waals surface area contributed by atoms with Crippen LogP contribution in [0.1, 0.15) is 39.6 Å². The number of halogens is 3. The Morgan fingerprint density at radius 1 is 0.938 bits per heavy atom. The first-order valence-electron chi connectivity index (χ1n) is 9.09. The predicted octanol–water partition coefficient (Wildman–Crippen LogP) is 0.552. The number of esters is 4. The maximum Gasteiger partial charge on any atom is 0.434 e. The van der Waals surface area contributed by atoms with Gasteiger partial charge in [-0.25, -0.2) is 4.68 Å². The van der Waals surface area contributed by atoms with Crippen LogP contribution in [0.3, 0.4) is 0 Å². The van der Waals surface area contributed by atoms with Gasteiger partial charge in [0.05, 0.1) is 6.20 Å².